The van der Waals surface area contributed by atoms with Gasteiger partial charge in [0.2, 0.25) is 6.29 Å². The monoisotopic (exact) mass is 212 g/mol. The van der Waals surface area contributed by atoms with Gasteiger partial charge >= 0.3 is 12.1 Å². The first-order valence-electron chi connectivity index (χ1n) is 4.16. The van der Waals surface area contributed by atoms with Crippen molar-refractivity contribution in [2.24, 2.45) is 0 Å². The molecule has 0 amide bonds. The van der Waals surface area contributed by atoms with Crippen LogP contribution >= 0.6 is 0 Å². The Hall–Kier alpha value is -0.780. The second-order valence-electron chi connectivity index (χ2n) is 3.42. The van der Waals surface area contributed by atoms with Crippen molar-refractivity contribution in [1.82, 2.24) is 0 Å². The number of esters is 1. The van der Waals surface area contributed by atoms with Crippen LogP contribution in [0.2, 0.25) is 0 Å². The number of hydrogen-bond acceptors (Lipinski definition) is 3. The molecule has 0 saturated carbocycles. The minimum atomic E-state index is -4.43. The molecule has 1 saturated heterocycles. The highest BCUT2D eigenvalue weighted by molar-refractivity contribution is 5.66. The molecule has 1 unspecified atom stereocenters. The van der Waals surface area contributed by atoms with Crippen molar-refractivity contribution in [2.45, 2.75) is 44.8 Å². The molecule has 0 radical (unpaired) electrons. The lowest BCUT2D eigenvalue weighted by Crippen LogP contribution is -2.42. The fourth-order valence-corrected chi connectivity index (χ4v) is 1.28. The maximum Gasteiger partial charge on any atom is 0.417 e. The molecular weight excluding hydrogens is 201 g/mol. The van der Waals surface area contributed by atoms with Gasteiger partial charge in [-0.2, -0.15) is 13.2 Å². The van der Waals surface area contributed by atoms with Crippen LogP contribution in [0.1, 0.15) is 26.7 Å². The van der Waals surface area contributed by atoms with Crippen molar-refractivity contribution in [3.63, 3.8) is 0 Å². The summed E-state index contributed by atoms with van der Waals surface area (Å²) >= 11 is 0. The number of carbonyl (C=O) groups excluding carboxylic acids is 1. The van der Waals surface area contributed by atoms with Crippen LogP contribution in [-0.4, -0.2) is 24.0 Å². The molecular formula is C8H11F3O3. The van der Waals surface area contributed by atoms with Crippen LogP contribution in [0.4, 0.5) is 13.2 Å². The van der Waals surface area contributed by atoms with E-state index in [0.29, 0.717) is 0 Å². The van der Waals surface area contributed by atoms with Gasteiger partial charge in [-0.3, -0.25) is 4.79 Å². The molecule has 14 heavy (non-hydrogen) atoms. The average molecular weight is 212 g/mol. The maximum absolute atomic E-state index is 12.4. The van der Waals surface area contributed by atoms with Crippen molar-refractivity contribution in [3.05, 3.63) is 0 Å². The summed E-state index contributed by atoms with van der Waals surface area (Å²) in [5, 5.41) is 0. The van der Waals surface area contributed by atoms with E-state index in [1.54, 1.807) is 0 Å². The van der Waals surface area contributed by atoms with E-state index in [0.717, 1.165) is 13.8 Å². The number of halogens is 3. The highest BCUT2D eigenvalue weighted by Crippen LogP contribution is 2.43. The Morgan fingerprint density at radius 1 is 1.57 bits per heavy atom. The van der Waals surface area contributed by atoms with Crippen LogP contribution in [0.25, 0.3) is 0 Å². The van der Waals surface area contributed by atoms with E-state index >= 15 is 0 Å². The first-order valence-corrected chi connectivity index (χ1v) is 4.16. The first kappa shape index (κ1) is 11.3. The summed E-state index contributed by atoms with van der Waals surface area (Å²) in [5.41, 5.74) is -2.19. The van der Waals surface area contributed by atoms with Gasteiger partial charge in [0, 0.05) is 13.3 Å². The van der Waals surface area contributed by atoms with Crippen LogP contribution < -0.4 is 0 Å². The number of alkyl halides is 3. The smallest absolute Gasteiger partial charge is 0.417 e. The quantitative estimate of drug-likeness (QED) is 0.623. The SMILES string of the molecule is CC(=O)OC1CC[C@](C)(C(F)(F)F)O1. The summed E-state index contributed by atoms with van der Waals surface area (Å²) in [6, 6.07) is 0. The van der Waals surface area contributed by atoms with E-state index in [4.69, 9.17) is 0 Å². The standard InChI is InChI=1S/C8H11F3O3/c1-5(12)13-6-3-4-7(2,14-6)8(9,10)11/h6H,3-4H2,1-2H3/t6?,7-/m1/s1. The molecule has 0 bridgehead atoms. The Morgan fingerprint density at radius 2 is 2.14 bits per heavy atom. The summed E-state index contributed by atoms with van der Waals surface area (Å²) < 4.78 is 46.4. The maximum atomic E-state index is 12.4. The van der Waals surface area contributed by atoms with Gasteiger partial charge in [-0.15, -0.1) is 0 Å². The zero-order valence-electron chi connectivity index (χ0n) is 7.85. The highest BCUT2D eigenvalue weighted by Gasteiger charge is 2.57. The molecule has 0 aromatic carbocycles. The van der Waals surface area contributed by atoms with Crippen LogP contribution in [-0.2, 0) is 14.3 Å². The molecule has 1 aliphatic heterocycles. The molecule has 1 aliphatic rings. The van der Waals surface area contributed by atoms with Crippen molar-refractivity contribution in [1.29, 1.82) is 0 Å². The summed E-state index contributed by atoms with van der Waals surface area (Å²) in [5.74, 6) is -0.638. The third-order valence-corrected chi connectivity index (χ3v) is 2.15. The molecule has 0 N–H and O–H groups in total. The number of carbonyl (C=O) groups is 1. The number of ether oxygens (including phenoxy) is 2. The predicted octanol–water partition coefficient (Wildman–Crippen LogP) is 2.01. The molecule has 6 heteroatoms. The summed E-state index contributed by atoms with van der Waals surface area (Å²) in [7, 11) is 0. The number of hydrogen-bond donors (Lipinski definition) is 0. The van der Waals surface area contributed by atoms with Crippen molar-refractivity contribution >= 4 is 5.97 Å². The molecule has 1 heterocycles. The van der Waals surface area contributed by atoms with E-state index < -0.39 is 24.0 Å². The fourth-order valence-electron chi connectivity index (χ4n) is 1.28. The normalized spacial score (nSPS) is 33.1. The van der Waals surface area contributed by atoms with Crippen LogP contribution in [0, 0.1) is 0 Å². The lowest BCUT2D eigenvalue weighted by Gasteiger charge is -2.26. The Bertz CT molecular complexity index is 238. The molecule has 2 atom stereocenters. The Kier molecular flexibility index (Phi) is 2.76. The lowest BCUT2D eigenvalue weighted by atomic mass is 10.0. The molecule has 0 spiro atoms. The molecule has 0 aliphatic carbocycles. The fraction of sp³-hybridized carbons (Fsp3) is 0.875. The van der Waals surface area contributed by atoms with Gasteiger partial charge in [-0.25, -0.2) is 0 Å². The van der Waals surface area contributed by atoms with Gasteiger partial charge in [0.05, 0.1) is 0 Å². The zero-order chi connectivity index (χ0) is 11.0. The van der Waals surface area contributed by atoms with Crippen molar-refractivity contribution in [2.75, 3.05) is 0 Å². The van der Waals surface area contributed by atoms with Gasteiger partial charge in [0.15, 0.2) is 5.60 Å². The lowest BCUT2D eigenvalue weighted by molar-refractivity contribution is -0.285. The molecule has 0 aromatic heterocycles. The van der Waals surface area contributed by atoms with Crippen molar-refractivity contribution in [3.8, 4) is 0 Å². The van der Waals surface area contributed by atoms with Crippen LogP contribution in [0.3, 0.4) is 0 Å². The van der Waals surface area contributed by atoms with Gasteiger partial charge in [-0.05, 0) is 13.3 Å². The van der Waals surface area contributed by atoms with Gasteiger partial charge in [-0.1, -0.05) is 0 Å². The molecule has 0 aromatic rings. The van der Waals surface area contributed by atoms with Crippen molar-refractivity contribution < 1.29 is 27.4 Å². The average Bonchev–Trinajstić information content (AvgIpc) is 2.30. The Labute approximate surface area is 79.2 Å². The third kappa shape index (κ3) is 2.17. The Balaban J connectivity index is 2.60. The van der Waals surface area contributed by atoms with Gasteiger partial charge in [0.1, 0.15) is 0 Å². The summed E-state index contributed by atoms with van der Waals surface area (Å²) in [6.07, 6.45) is -5.61. The molecule has 1 rings (SSSR count). The summed E-state index contributed by atoms with van der Waals surface area (Å²) in [4.78, 5) is 10.5. The summed E-state index contributed by atoms with van der Waals surface area (Å²) in [6.45, 7) is 2.09. The van der Waals surface area contributed by atoms with E-state index in [9.17, 15) is 18.0 Å². The topological polar surface area (TPSA) is 35.5 Å². The van der Waals surface area contributed by atoms with E-state index in [1.807, 2.05) is 0 Å². The highest BCUT2D eigenvalue weighted by atomic mass is 19.4. The molecule has 82 valence electrons. The number of rotatable bonds is 1. The second-order valence-corrected chi connectivity index (χ2v) is 3.42. The largest absolute Gasteiger partial charge is 0.436 e. The Morgan fingerprint density at radius 3 is 2.50 bits per heavy atom. The van der Waals surface area contributed by atoms with Gasteiger partial charge in [0.25, 0.3) is 0 Å². The predicted molar refractivity (Wildman–Crippen MR) is 40.3 cm³/mol. The third-order valence-electron chi connectivity index (χ3n) is 2.15. The minimum Gasteiger partial charge on any atom is -0.436 e. The van der Waals surface area contributed by atoms with Crippen LogP contribution in [0.15, 0.2) is 0 Å². The minimum absolute atomic E-state index is 0.0790. The second kappa shape index (κ2) is 3.42. The zero-order valence-corrected chi connectivity index (χ0v) is 7.85. The van der Waals surface area contributed by atoms with Crippen LogP contribution in [0.5, 0.6) is 0 Å². The van der Waals surface area contributed by atoms with Gasteiger partial charge < -0.3 is 9.47 Å². The first-order chi connectivity index (χ1) is 6.24. The molecule has 3 nitrogen and oxygen atoms in total. The van der Waals surface area contributed by atoms with E-state index in [1.165, 1.54) is 0 Å². The van der Waals surface area contributed by atoms with E-state index in [2.05, 4.69) is 9.47 Å². The van der Waals surface area contributed by atoms with E-state index in [-0.39, 0.29) is 12.8 Å². The molecule has 1 fully saturated rings.